The monoisotopic (exact) mass is 302 g/mol. The Bertz CT molecular complexity index is 604. The van der Waals surface area contributed by atoms with E-state index in [9.17, 15) is 17.9 Å². The van der Waals surface area contributed by atoms with Crippen LogP contribution >= 0.6 is 0 Å². The summed E-state index contributed by atoms with van der Waals surface area (Å²) in [5, 5.41) is 9.83. The van der Waals surface area contributed by atoms with Gasteiger partial charge in [0.15, 0.2) is 0 Å². The number of nitrogens with one attached hydrogen (secondary N) is 1. The molecule has 1 aromatic rings. The third-order valence-electron chi connectivity index (χ3n) is 3.64. The van der Waals surface area contributed by atoms with Crippen LogP contribution < -0.4 is 10.5 Å². The van der Waals surface area contributed by atoms with Crippen molar-refractivity contribution in [3.8, 4) is 0 Å². The molecule has 112 valence electrons. The zero-order valence-electron chi connectivity index (χ0n) is 11.3. The summed E-state index contributed by atoms with van der Waals surface area (Å²) in [6.07, 6.45) is 2.17. The van der Waals surface area contributed by atoms with Crippen LogP contribution in [0.3, 0.4) is 0 Å². The van der Waals surface area contributed by atoms with Crippen molar-refractivity contribution in [3.05, 3.63) is 23.5 Å². The fourth-order valence-electron chi connectivity index (χ4n) is 2.46. The molecule has 2 unspecified atom stereocenters. The number of benzene rings is 1. The van der Waals surface area contributed by atoms with Crippen molar-refractivity contribution in [2.75, 3.05) is 5.73 Å². The molecule has 0 aromatic heterocycles. The van der Waals surface area contributed by atoms with Gasteiger partial charge in [-0.3, -0.25) is 0 Å². The van der Waals surface area contributed by atoms with E-state index in [0.29, 0.717) is 12.8 Å². The van der Waals surface area contributed by atoms with Crippen molar-refractivity contribution in [2.45, 2.75) is 49.6 Å². The first kappa shape index (κ1) is 15.2. The van der Waals surface area contributed by atoms with E-state index >= 15 is 0 Å². The molecule has 0 heterocycles. The lowest BCUT2D eigenvalue weighted by atomic mass is 9.93. The molecule has 0 radical (unpaired) electrons. The van der Waals surface area contributed by atoms with Crippen LogP contribution in [0.4, 0.5) is 10.1 Å². The molecule has 7 heteroatoms. The van der Waals surface area contributed by atoms with E-state index in [1.54, 1.807) is 0 Å². The standard InChI is InChI=1S/C13H19FN2O3S/c1-8-10(14)6-9(15)7-13(8)20(18,19)16-11-4-2-3-5-12(11)17/h6-7,11-12,16-17H,2-5,15H2,1H3. The quantitative estimate of drug-likeness (QED) is 0.734. The molecule has 1 aliphatic carbocycles. The van der Waals surface area contributed by atoms with Gasteiger partial charge in [0.25, 0.3) is 0 Å². The van der Waals surface area contributed by atoms with Crippen molar-refractivity contribution in [3.63, 3.8) is 0 Å². The topological polar surface area (TPSA) is 92.4 Å². The second-order valence-electron chi connectivity index (χ2n) is 5.21. The van der Waals surface area contributed by atoms with Gasteiger partial charge in [0, 0.05) is 17.3 Å². The Kier molecular flexibility index (Phi) is 4.31. The van der Waals surface area contributed by atoms with Crippen molar-refractivity contribution in [1.29, 1.82) is 0 Å². The van der Waals surface area contributed by atoms with Crippen LogP contribution in [-0.2, 0) is 10.0 Å². The maximum absolute atomic E-state index is 13.6. The largest absolute Gasteiger partial charge is 0.399 e. The van der Waals surface area contributed by atoms with Gasteiger partial charge in [-0.2, -0.15) is 0 Å². The molecule has 1 saturated carbocycles. The van der Waals surface area contributed by atoms with Gasteiger partial charge in [-0.1, -0.05) is 12.8 Å². The Morgan fingerprint density at radius 3 is 2.65 bits per heavy atom. The molecule has 0 aliphatic heterocycles. The highest BCUT2D eigenvalue weighted by molar-refractivity contribution is 7.89. The molecule has 5 nitrogen and oxygen atoms in total. The van der Waals surface area contributed by atoms with Crippen LogP contribution in [0.15, 0.2) is 17.0 Å². The lowest BCUT2D eigenvalue weighted by molar-refractivity contribution is 0.101. The Balaban J connectivity index is 2.31. The zero-order chi connectivity index (χ0) is 14.9. The molecule has 4 N–H and O–H groups in total. The summed E-state index contributed by atoms with van der Waals surface area (Å²) in [5.41, 5.74) is 5.58. The number of nitrogens with two attached hydrogens (primary N) is 1. The van der Waals surface area contributed by atoms with E-state index in [-0.39, 0.29) is 16.1 Å². The number of sulfonamides is 1. The Hall–Kier alpha value is -1.18. The SMILES string of the molecule is Cc1c(F)cc(N)cc1S(=O)(=O)NC1CCCCC1O. The van der Waals surface area contributed by atoms with Crippen LogP contribution in [0.5, 0.6) is 0 Å². The first-order valence-electron chi connectivity index (χ1n) is 6.57. The highest BCUT2D eigenvalue weighted by atomic mass is 32.2. The zero-order valence-corrected chi connectivity index (χ0v) is 12.1. The fourth-order valence-corrected chi connectivity index (χ4v) is 4.06. The van der Waals surface area contributed by atoms with Crippen LogP contribution in [0, 0.1) is 12.7 Å². The fraction of sp³-hybridized carbons (Fsp3) is 0.538. The number of aliphatic hydroxyl groups excluding tert-OH is 1. The molecule has 0 spiro atoms. The highest BCUT2D eigenvalue weighted by Crippen LogP contribution is 2.24. The molecular weight excluding hydrogens is 283 g/mol. The number of hydrogen-bond donors (Lipinski definition) is 3. The minimum Gasteiger partial charge on any atom is -0.399 e. The van der Waals surface area contributed by atoms with Gasteiger partial charge in [-0.05, 0) is 31.9 Å². The van der Waals surface area contributed by atoms with Gasteiger partial charge in [0.1, 0.15) is 5.82 Å². The van der Waals surface area contributed by atoms with Crippen LogP contribution in [0.1, 0.15) is 31.2 Å². The summed E-state index contributed by atoms with van der Waals surface area (Å²) >= 11 is 0. The van der Waals surface area contributed by atoms with E-state index in [1.165, 1.54) is 13.0 Å². The number of aliphatic hydroxyl groups is 1. The van der Waals surface area contributed by atoms with Crippen LogP contribution in [-0.4, -0.2) is 25.7 Å². The van der Waals surface area contributed by atoms with E-state index in [2.05, 4.69) is 4.72 Å². The average Bonchev–Trinajstić information content (AvgIpc) is 2.36. The van der Waals surface area contributed by atoms with E-state index in [0.717, 1.165) is 18.9 Å². The predicted molar refractivity (Wildman–Crippen MR) is 74.1 cm³/mol. The van der Waals surface area contributed by atoms with Crippen LogP contribution in [0.2, 0.25) is 0 Å². The van der Waals surface area contributed by atoms with E-state index in [4.69, 9.17) is 5.73 Å². The van der Waals surface area contributed by atoms with Gasteiger partial charge < -0.3 is 10.8 Å². The predicted octanol–water partition coefficient (Wildman–Crippen LogP) is 1.30. The minimum atomic E-state index is -3.90. The first-order chi connectivity index (χ1) is 9.31. The average molecular weight is 302 g/mol. The van der Waals surface area contributed by atoms with Crippen molar-refractivity contribution >= 4 is 15.7 Å². The normalized spacial score (nSPS) is 23.8. The Morgan fingerprint density at radius 1 is 1.35 bits per heavy atom. The van der Waals surface area contributed by atoms with Gasteiger partial charge in [-0.25, -0.2) is 17.5 Å². The summed E-state index contributed by atoms with van der Waals surface area (Å²) in [5.74, 6) is -0.658. The summed E-state index contributed by atoms with van der Waals surface area (Å²) in [4.78, 5) is -0.173. The molecule has 1 aromatic carbocycles. The van der Waals surface area contributed by atoms with Gasteiger partial charge in [-0.15, -0.1) is 0 Å². The van der Waals surface area contributed by atoms with E-state index in [1.807, 2.05) is 0 Å². The molecule has 1 aliphatic rings. The maximum Gasteiger partial charge on any atom is 0.241 e. The maximum atomic E-state index is 13.6. The number of anilines is 1. The van der Waals surface area contributed by atoms with Crippen molar-refractivity contribution in [1.82, 2.24) is 4.72 Å². The number of nitrogen functional groups attached to an aromatic ring is 1. The smallest absolute Gasteiger partial charge is 0.241 e. The van der Waals surface area contributed by atoms with Gasteiger partial charge in [0.05, 0.1) is 11.0 Å². The van der Waals surface area contributed by atoms with Crippen molar-refractivity contribution in [2.24, 2.45) is 0 Å². The molecule has 1 fully saturated rings. The molecule has 0 bridgehead atoms. The van der Waals surface area contributed by atoms with Gasteiger partial charge >= 0.3 is 0 Å². The molecule has 20 heavy (non-hydrogen) atoms. The number of hydrogen-bond acceptors (Lipinski definition) is 4. The third kappa shape index (κ3) is 3.11. The molecule has 0 amide bonds. The summed E-state index contributed by atoms with van der Waals surface area (Å²) in [7, 11) is -3.90. The summed E-state index contributed by atoms with van der Waals surface area (Å²) < 4.78 is 40.7. The second kappa shape index (κ2) is 5.67. The second-order valence-corrected chi connectivity index (χ2v) is 6.89. The molecule has 2 atom stereocenters. The summed E-state index contributed by atoms with van der Waals surface area (Å²) in [6, 6.07) is 1.79. The van der Waals surface area contributed by atoms with Gasteiger partial charge in [0.2, 0.25) is 10.0 Å². The lowest BCUT2D eigenvalue weighted by Gasteiger charge is -2.28. The number of rotatable bonds is 3. The number of halogens is 1. The molecular formula is C13H19FN2O3S. The lowest BCUT2D eigenvalue weighted by Crippen LogP contribution is -2.45. The minimum absolute atomic E-state index is 0.0250. The van der Waals surface area contributed by atoms with E-state index < -0.39 is 28.0 Å². The molecule has 2 rings (SSSR count). The van der Waals surface area contributed by atoms with Crippen molar-refractivity contribution < 1.29 is 17.9 Å². The summed E-state index contributed by atoms with van der Waals surface area (Å²) in [6.45, 7) is 1.39. The Labute approximate surface area is 118 Å². The highest BCUT2D eigenvalue weighted by Gasteiger charge is 2.29. The third-order valence-corrected chi connectivity index (χ3v) is 5.26. The molecule has 0 saturated heterocycles. The first-order valence-corrected chi connectivity index (χ1v) is 8.05. The Morgan fingerprint density at radius 2 is 2.00 bits per heavy atom. The van der Waals surface area contributed by atoms with Crippen LogP contribution in [0.25, 0.3) is 0 Å².